The summed E-state index contributed by atoms with van der Waals surface area (Å²) in [5, 5.41) is -0.939. The van der Waals surface area contributed by atoms with Gasteiger partial charge in [-0.25, -0.2) is 19.2 Å². The van der Waals surface area contributed by atoms with E-state index in [1.54, 1.807) is 91.0 Å². The normalized spacial score (nSPS) is 23.0. The Morgan fingerprint density at radius 3 is 1.39 bits per heavy atom. The summed E-state index contributed by atoms with van der Waals surface area (Å²) >= 11 is 0. The quantitative estimate of drug-likeness (QED) is 0.0597. The van der Waals surface area contributed by atoms with Crippen LogP contribution in [0.3, 0.4) is 0 Å². The minimum Gasteiger partial charge on any atom is -0.458 e. The third-order valence-corrected chi connectivity index (χ3v) is 34.3. The molecule has 0 saturated carbocycles. The fourth-order valence-corrected chi connectivity index (χ4v) is 12.3. The fraction of sp³-hybridized carbons (Fsp3) is 0.614. The summed E-state index contributed by atoms with van der Waals surface area (Å²) in [6.45, 7) is 43.1. The van der Waals surface area contributed by atoms with Crippen LogP contribution in [0.2, 0.25) is 72.5 Å². The van der Waals surface area contributed by atoms with Crippen LogP contribution in [0.25, 0.3) is 0 Å². The third kappa shape index (κ3) is 15.3. The van der Waals surface area contributed by atoms with Gasteiger partial charge in [-0.2, -0.15) is 0 Å². The number of rotatable bonds is 20. The second-order valence-corrected chi connectivity index (χ2v) is 45.2. The van der Waals surface area contributed by atoms with Crippen LogP contribution in [0, 0.1) is 0 Å². The molecular weight excluding hydrogens is 1020 g/mol. The topological polar surface area (TPSA) is 161 Å². The van der Waals surface area contributed by atoms with Crippen molar-refractivity contribution in [3.63, 3.8) is 0 Å². The van der Waals surface area contributed by atoms with Crippen LogP contribution in [-0.2, 0) is 50.9 Å². The highest BCUT2D eigenvalue weighted by Gasteiger charge is 2.61. The van der Waals surface area contributed by atoms with Crippen LogP contribution in [0.4, 0.5) is 0 Å². The van der Waals surface area contributed by atoms with E-state index in [2.05, 4.69) is 135 Å². The van der Waals surface area contributed by atoms with Crippen molar-refractivity contribution in [1.82, 2.24) is 0 Å². The highest BCUT2D eigenvalue weighted by Crippen LogP contribution is 2.47. The molecule has 0 N–H and O–H groups in total. The fourth-order valence-electron chi connectivity index (χ4n) is 7.44. The monoisotopic (exact) mass is 1110 g/mol. The molecule has 2 heterocycles. The average molecular weight is 1110 g/mol. The minimum atomic E-state index is -2.79. The molecule has 3 aromatic rings. The molecule has 0 aromatic heterocycles. The Morgan fingerprint density at radius 1 is 0.507 bits per heavy atom. The van der Waals surface area contributed by atoms with Gasteiger partial charge in [-0.1, -0.05) is 138 Å². The van der Waals surface area contributed by atoms with Gasteiger partial charge in [-0.05, 0) is 109 Å². The van der Waals surface area contributed by atoms with E-state index in [0.717, 1.165) is 0 Å². The molecule has 0 unspecified atom stereocenters. The first kappa shape index (κ1) is 62.0. The Hall–Kier alpha value is -3.83. The van der Waals surface area contributed by atoms with E-state index >= 15 is 0 Å². The van der Waals surface area contributed by atoms with E-state index < -0.39 is 119 Å². The summed E-state index contributed by atoms with van der Waals surface area (Å²) in [5.41, 5.74) is 0.601. The molecule has 0 radical (unpaired) electrons. The summed E-state index contributed by atoms with van der Waals surface area (Å²) in [6.07, 6.45) is -11.0. The average Bonchev–Trinajstić information content (AvgIpc) is 3.78. The molecule has 416 valence electrons. The third-order valence-electron chi connectivity index (χ3n) is 16.4. The summed E-state index contributed by atoms with van der Waals surface area (Å²) in [5.74, 6) is -3.31. The van der Waals surface area contributed by atoms with Crippen LogP contribution < -0.4 is 0 Å². The van der Waals surface area contributed by atoms with Gasteiger partial charge in [0.05, 0.1) is 29.4 Å². The molecule has 2 saturated heterocycles. The van der Waals surface area contributed by atoms with Crippen molar-refractivity contribution in [2.24, 2.45) is 0 Å². The minimum absolute atomic E-state index is 0.131. The smallest absolute Gasteiger partial charge is 0.350 e. The zero-order chi connectivity index (χ0) is 56.3. The molecule has 9 atom stereocenters. The predicted molar refractivity (Wildman–Crippen MR) is 301 cm³/mol. The largest absolute Gasteiger partial charge is 0.458 e. The van der Waals surface area contributed by atoms with Gasteiger partial charge in [0, 0.05) is 0 Å². The molecule has 0 bridgehead atoms. The maximum absolute atomic E-state index is 14.5. The first-order chi connectivity index (χ1) is 34.4. The Morgan fingerprint density at radius 2 is 0.933 bits per heavy atom. The predicted octanol–water partition coefficient (Wildman–Crippen LogP) is 12.5. The van der Waals surface area contributed by atoms with Crippen LogP contribution in [0.15, 0.2) is 91.0 Å². The molecule has 2 aliphatic rings. The lowest BCUT2D eigenvalue weighted by Crippen LogP contribution is -2.58. The Kier molecular flexibility index (Phi) is 19.5. The van der Waals surface area contributed by atoms with Crippen molar-refractivity contribution >= 4 is 57.1 Å². The molecule has 3 aromatic carbocycles. The molecule has 0 spiro atoms. The standard InChI is InChI=1S/C57H88O14Si4/c1-54(2,3)72(13,14)63-37-42(69-73(15,16)55(4,5)6)44-46(70-74(17,18)56(7,8)9)48(71-75(19,20)57(10,11)12)53(67-44)68-45-43(65-52(61)47(45)66-51(60)40-34-28-23-29-35-40)41(64-50(59)39-32-26-22-27-33-39)36-62-49(58)38-30-24-21-25-31-38/h21-35,41-48,53H,36-37H2,1-20H3/t41-,42-,43-,44+,45+,46+,47+,48-,53+/m1/s1. The molecule has 75 heavy (non-hydrogen) atoms. The maximum atomic E-state index is 14.5. The van der Waals surface area contributed by atoms with Crippen LogP contribution in [0.5, 0.6) is 0 Å². The van der Waals surface area contributed by atoms with Crippen molar-refractivity contribution in [2.45, 2.75) is 211 Å². The lowest BCUT2D eigenvalue weighted by molar-refractivity contribution is -0.223. The molecule has 0 amide bonds. The van der Waals surface area contributed by atoms with Crippen molar-refractivity contribution in [3.05, 3.63) is 108 Å². The maximum Gasteiger partial charge on any atom is 0.350 e. The van der Waals surface area contributed by atoms with Crippen molar-refractivity contribution in [1.29, 1.82) is 0 Å². The van der Waals surface area contributed by atoms with Gasteiger partial charge in [0.2, 0.25) is 6.10 Å². The summed E-state index contributed by atoms with van der Waals surface area (Å²) < 4.78 is 68.5. The Bertz CT molecular complexity index is 2390. The molecule has 18 heteroatoms. The van der Waals surface area contributed by atoms with Gasteiger partial charge in [-0.15, -0.1) is 0 Å². The van der Waals surface area contributed by atoms with Gasteiger partial charge in [0.15, 0.2) is 51.8 Å². The second-order valence-electron chi connectivity index (χ2n) is 26.1. The van der Waals surface area contributed by atoms with Crippen molar-refractivity contribution in [2.75, 3.05) is 13.2 Å². The number of benzene rings is 3. The van der Waals surface area contributed by atoms with Crippen molar-refractivity contribution in [3.8, 4) is 0 Å². The highest BCUT2D eigenvalue weighted by molar-refractivity contribution is 6.75. The van der Waals surface area contributed by atoms with E-state index in [-0.39, 0.29) is 43.5 Å². The molecule has 5 rings (SSSR count). The van der Waals surface area contributed by atoms with Crippen LogP contribution in [-0.4, -0.2) is 125 Å². The van der Waals surface area contributed by atoms with E-state index in [4.69, 9.17) is 46.1 Å². The molecule has 2 fully saturated rings. The van der Waals surface area contributed by atoms with Crippen molar-refractivity contribution < 1.29 is 65.3 Å². The number of carbonyl (C=O) groups is 4. The number of carbonyl (C=O) groups excluding carboxylic acids is 4. The molecule has 0 aliphatic carbocycles. The first-order valence-electron chi connectivity index (χ1n) is 26.3. The molecule has 14 nitrogen and oxygen atoms in total. The highest BCUT2D eigenvalue weighted by atomic mass is 28.4. The SMILES string of the molecule is CC(C)(C)[Si](C)(C)OC[C@@H](O[Si](C)(C)C(C)(C)C)[C@@H]1O[C@@H](O[C@H]2[C@@H]([C@@H](COC(=O)c3ccccc3)OC(=O)c3ccccc3)OC(=O)[C@H]2OC(=O)c2ccccc2)[C@H](O[Si](C)(C)C(C)(C)C)[C@H]1O[Si](C)(C)C(C)(C)C. The van der Waals surface area contributed by atoms with Gasteiger partial charge in [0.1, 0.15) is 31.0 Å². The summed E-state index contributed by atoms with van der Waals surface area (Å²) in [6, 6.07) is 24.8. The molecular formula is C57H88O14Si4. The van der Waals surface area contributed by atoms with Gasteiger partial charge < -0.3 is 46.1 Å². The number of esters is 4. The van der Waals surface area contributed by atoms with E-state index in [0.29, 0.717) is 0 Å². The zero-order valence-electron chi connectivity index (χ0n) is 48.5. The second kappa shape index (κ2) is 23.6. The van der Waals surface area contributed by atoms with Crippen LogP contribution in [0.1, 0.15) is 114 Å². The van der Waals surface area contributed by atoms with Gasteiger partial charge >= 0.3 is 23.9 Å². The van der Waals surface area contributed by atoms with Gasteiger partial charge in [-0.3, -0.25) is 0 Å². The lowest BCUT2D eigenvalue weighted by atomic mass is 10.0. The first-order valence-corrected chi connectivity index (χ1v) is 37.9. The van der Waals surface area contributed by atoms with E-state index in [1.807, 2.05) is 0 Å². The summed E-state index contributed by atoms with van der Waals surface area (Å²) in [4.78, 5) is 56.2. The molecule has 2 aliphatic heterocycles. The van der Waals surface area contributed by atoms with Gasteiger partial charge in [0.25, 0.3) is 0 Å². The van der Waals surface area contributed by atoms with Crippen LogP contribution >= 0.6 is 0 Å². The number of hydrogen-bond donors (Lipinski definition) is 0. The lowest BCUT2D eigenvalue weighted by Gasteiger charge is -2.46. The Labute approximate surface area is 452 Å². The number of ether oxygens (including phenoxy) is 6. The van der Waals surface area contributed by atoms with E-state index in [1.165, 1.54) is 0 Å². The number of cyclic esters (lactones) is 1. The zero-order valence-corrected chi connectivity index (χ0v) is 52.5. The van der Waals surface area contributed by atoms with E-state index in [9.17, 15) is 19.2 Å². The Balaban J connectivity index is 1.74. The number of hydrogen-bond acceptors (Lipinski definition) is 14. The summed E-state index contributed by atoms with van der Waals surface area (Å²) in [7, 11) is -10.5.